The Morgan fingerprint density at radius 2 is 1.94 bits per heavy atom. The molecule has 180 valence electrons. The Balaban J connectivity index is 0.00000149. The molecule has 0 bridgehead atoms. The molecule has 2 aliphatic carbocycles. The zero-order valence-corrected chi connectivity index (χ0v) is 20.0. The molecule has 8 heteroatoms. The van der Waals surface area contributed by atoms with Crippen molar-refractivity contribution in [3.8, 4) is 0 Å². The number of H-pyrrole nitrogens is 1. The highest BCUT2D eigenvalue weighted by molar-refractivity contribution is 7.97. The largest absolute Gasteiger partial charge is 0.356 e. The lowest BCUT2D eigenvalue weighted by molar-refractivity contribution is -0.121. The predicted molar refractivity (Wildman–Crippen MR) is 130 cm³/mol. The molecule has 1 saturated carbocycles. The summed E-state index contributed by atoms with van der Waals surface area (Å²) in [5.74, 6) is -0.175. The van der Waals surface area contributed by atoms with Gasteiger partial charge in [0.15, 0.2) is 0 Å². The Hall–Kier alpha value is -2.19. The molecular weight excluding hydrogens is 447 g/mol. The fourth-order valence-electron chi connectivity index (χ4n) is 4.54. The maximum atomic E-state index is 14.4. The van der Waals surface area contributed by atoms with Gasteiger partial charge in [-0.1, -0.05) is 31.9 Å². The first kappa shape index (κ1) is 25.4. The number of hydrogen-bond acceptors (Lipinski definition) is 3. The summed E-state index contributed by atoms with van der Waals surface area (Å²) in [5, 5.41) is 8.89. The highest BCUT2D eigenvalue weighted by atomic mass is 32.2. The summed E-state index contributed by atoms with van der Waals surface area (Å²) in [5.41, 5.74) is 2.87. The van der Waals surface area contributed by atoms with Crippen LogP contribution in [-0.4, -0.2) is 23.2 Å². The van der Waals surface area contributed by atoms with Gasteiger partial charge in [0, 0.05) is 42.3 Å². The number of allylic oxidation sites excluding steroid dienone is 4. The van der Waals surface area contributed by atoms with Gasteiger partial charge in [-0.05, 0) is 60.8 Å². The van der Waals surface area contributed by atoms with Gasteiger partial charge in [0.2, 0.25) is 5.91 Å². The van der Waals surface area contributed by atoms with Crippen molar-refractivity contribution in [2.75, 3.05) is 12.3 Å². The molecule has 1 fully saturated rings. The molecule has 1 amide bonds. The maximum absolute atomic E-state index is 14.4. The standard InChI is InChI=1S/C23H26F3N3OS.C2H6/c24-16-5-3-14(4-6-16)22-21(18-10-17(25)11-19(26)23(18)29-22)15-8-13(9-15)12-28-20(30)2-1-7-31-27;1-2/h3,5,10-11,13,15,29H,1-2,4,6-9,12,27H2,(H,28,30);1-2H3. The van der Waals surface area contributed by atoms with E-state index < -0.39 is 11.6 Å². The molecule has 0 atom stereocenters. The van der Waals surface area contributed by atoms with Gasteiger partial charge < -0.3 is 10.3 Å². The Bertz CT molecular complexity index is 1040. The fourth-order valence-corrected chi connectivity index (χ4v) is 4.85. The fraction of sp³-hybridized carbons (Fsp3) is 0.480. The molecule has 4 nitrogen and oxygen atoms in total. The third-order valence-electron chi connectivity index (χ3n) is 6.18. The minimum atomic E-state index is -0.626. The molecule has 0 aliphatic heterocycles. The van der Waals surface area contributed by atoms with Gasteiger partial charge in [0.05, 0.1) is 5.52 Å². The van der Waals surface area contributed by atoms with Gasteiger partial charge in [-0.15, -0.1) is 0 Å². The normalized spacial score (nSPS) is 19.8. The number of hydrogen-bond donors (Lipinski definition) is 3. The molecule has 4 N–H and O–H groups in total. The first-order chi connectivity index (χ1) is 16.0. The van der Waals surface area contributed by atoms with E-state index in [9.17, 15) is 18.0 Å². The average molecular weight is 480 g/mol. The first-order valence-electron chi connectivity index (χ1n) is 11.6. The number of aromatic nitrogens is 1. The number of nitrogens with one attached hydrogen (secondary N) is 2. The van der Waals surface area contributed by atoms with E-state index in [2.05, 4.69) is 10.3 Å². The molecule has 2 aliphatic rings. The van der Waals surface area contributed by atoms with Crippen LogP contribution in [0.5, 0.6) is 0 Å². The number of carbonyl (C=O) groups excluding carboxylic acids is 1. The van der Waals surface area contributed by atoms with Crippen LogP contribution in [0.4, 0.5) is 13.2 Å². The molecule has 0 saturated heterocycles. The van der Waals surface area contributed by atoms with Crippen LogP contribution >= 0.6 is 11.9 Å². The minimum Gasteiger partial charge on any atom is -0.356 e. The topological polar surface area (TPSA) is 70.9 Å². The molecule has 1 aromatic heterocycles. The Morgan fingerprint density at radius 3 is 2.61 bits per heavy atom. The Labute approximate surface area is 197 Å². The van der Waals surface area contributed by atoms with E-state index in [1.54, 1.807) is 6.08 Å². The number of amides is 1. The lowest BCUT2D eigenvalue weighted by Gasteiger charge is -2.36. The molecule has 0 unspecified atom stereocenters. The molecular formula is C25H32F3N3OS. The third-order valence-corrected chi connectivity index (χ3v) is 6.71. The number of carbonyl (C=O) groups is 1. The molecule has 1 aromatic carbocycles. The van der Waals surface area contributed by atoms with Crippen LogP contribution in [-0.2, 0) is 4.79 Å². The highest BCUT2D eigenvalue weighted by Gasteiger charge is 2.35. The zero-order valence-electron chi connectivity index (χ0n) is 19.1. The van der Waals surface area contributed by atoms with Crippen LogP contribution in [0.2, 0.25) is 0 Å². The maximum Gasteiger partial charge on any atom is 0.220 e. The van der Waals surface area contributed by atoms with Crippen molar-refractivity contribution >= 4 is 34.3 Å². The smallest absolute Gasteiger partial charge is 0.220 e. The Kier molecular flexibility index (Phi) is 9.09. The second-order valence-corrected chi connectivity index (χ2v) is 9.08. The molecule has 0 radical (unpaired) electrons. The van der Waals surface area contributed by atoms with Gasteiger partial charge in [-0.25, -0.2) is 13.2 Å². The summed E-state index contributed by atoms with van der Waals surface area (Å²) >= 11 is 1.23. The number of halogens is 3. The summed E-state index contributed by atoms with van der Waals surface area (Å²) in [6, 6.07) is 2.25. The van der Waals surface area contributed by atoms with Crippen LogP contribution < -0.4 is 10.5 Å². The lowest BCUT2D eigenvalue weighted by Crippen LogP contribution is -2.35. The summed E-state index contributed by atoms with van der Waals surface area (Å²) in [7, 11) is 0. The van der Waals surface area contributed by atoms with Crippen molar-refractivity contribution in [2.24, 2.45) is 11.1 Å². The van der Waals surface area contributed by atoms with Crippen molar-refractivity contribution in [3.63, 3.8) is 0 Å². The van der Waals surface area contributed by atoms with Crippen LogP contribution in [0.25, 0.3) is 16.5 Å². The van der Waals surface area contributed by atoms with E-state index >= 15 is 0 Å². The molecule has 1 heterocycles. The zero-order chi connectivity index (χ0) is 24.0. The monoisotopic (exact) mass is 479 g/mol. The van der Waals surface area contributed by atoms with E-state index in [0.717, 1.165) is 47.9 Å². The number of fused-ring (bicyclic) bond motifs is 1. The molecule has 33 heavy (non-hydrogen) atoms. The number of benzene rings is 1. The molecule has 4 rings (SSSR count). The second kappa shape index (κ2) is 11.8. The van der Waals surface area contributed by atoms with Gasteiger partial charge in [0.1, 0.15) is 17.5 Å². The highest BCUT2D eigenvalue weighted by Crippen LogP contribution is 2.48. The quantitative estimate of drug-likeness (QED) is 0.299. The van der Waals surface area contributed by atoms with Gasteiger partial charge in [-0.3, -0.25) is 9.93 Å². The number of aromatic amines is 1. The van der Waals surface area contributed by atoms with Crippen molar-refractivity contribution in [2.45, 2.75) is 58.3 Å². The lowest BCUT2D eigenvalue weighted by atomic mass is 9.70. The van der Waals surface area contributed by atoms with E-state index in [4.69, 9.17) is 5.14 Å². The second-order valence-electron chi connectivity index (χ2n) is 8.34. The minimum absolute atomic E-state index is 0.0237. The van der Waals surface area contributed by atoms with Crippen molar-refractivity contribution in [3.05, 3.63) is 53.0 Å². The number of nitrogens with two attached hydrogens (primary N) is 1. The summed E-state index contributed by atoms with van der Waals surface area (Å²) in [4.78, 5) is 15.1. The van der Waals surface area contributed by atoms with Crippen LogP contribution in [0, 0.1) is 17.6 Å². The van der Waals surface area contributed by atoms with E-state index in [1.807, 2.05) is 13.8 Å². The number of rotatable bonds is 8. The van der Waals surface area contributed by atoms with Crippen LogP contribution in [0.15, 0.2) is 30.1 Å². The average Bonchev–Trinajstić information content (AvgIpc) is 3.14. The van der Waals surface area contributed by atoms with Gasteiger partial charge in [0.25, 0.3) is 0 Å². The first-order valence-corrected chi connectivity index (χ1v) is 12.7. The van der Waals surface area contributed by atoms with E-state index in [0.29, 0.717) is 37.1 Å². The predicted octanol–water partition coefficient (Wildman–Crippen LogP) is 6.50. The van der Waals surface area contributed by atoms with Crippen LogP contribution in [0.3, 0.4) is 0 Å². The van der Waals surface area contributed by atoms with Crippen LogP contribution in [0.1, 0.15) is 69.5 Å². The SMILES string of the molecule is CC.NSCCCC(=O)NCC1CC(c2c(C3=CC=C(F)CC3)[nH]c3c(F)cc(F)cc23)C1. The van der Waals surface area contributed by atoms with Gasteiger partial charge >= 0.3 is 0 Å². The van der Waals surface area contributed by atoms with E-state index in [1.165, 1.54) is 24.1 Å². The molecule has 2 aromatic rings. The Morgan fingerprint density at radius 1 is 1.18 bits per heavy atom. The summed E-state index contributed by atoms with van der Waals surface area (Å²) in [6.45, 7) is 4.60. The summed E-state index contributed by atoms with van der Waals surface area (Å²) < 4.78 is 41.9. The van der Waals surface area contributed by atoms with Crippen molar-refractivity contribution in [1.29, 1.82) is 0 Å². The van der Waals surface area contributed by atoms with E-state index in [-0.39, 0.29) is 23.2 Å². The summed E-state index contributed by atoms with van der Waals surface area (Å²) in [6.07, 6.45) is 6.84. The van der Waals surface area contributed by atoms with Gasteiger partial charge in [-0.2, -0.15) is 0 Å². The molecule has 0 spiro atoms. The third kappa shape index (κ3) is 6.03. The van der Waals surface area contributed by atoms with Crippen molar-refractivity contribution < 1.29 is 18.0 Å². The van der Waals surface area contributed by atoms with Crippen molar-refractivity contribution in [1.82, 2.24) is 10.3 Å².